The van der Waals surface area contributed by atoms with E-state index >= 15 is 0 Å². The van der Waals surface area contributed by atoms with Gasteiger partial charge < -0.3 is 15.0 Å². The van der Waals surface area contributed by atoms with Gasteiger partial charge in [-0.25, -0.2) is 0 Å². The average Bonchev–Trinajstić information content (AvgIpc) is 2.73. The second-order valence-electron chi connectivity index (χ2n) is 7.08. The molecular formula is C21H26N3O4+. The van der Waals surface area contributed by atoms with Gasteiger partial charge in [0, 0.05) is 24.2 Å². The fraction of sp³-hybridized carbons (Fsp3) is 0.381. The summed E-state index contributed by atoms with van der Waals surface area (Å²) in [4.78, 5) is 24.7. The number of nitro benzene ring substituents is 1. The summed E-state index contributed by atoms with van der Waals surface area (Å²) in [5.41, 5.74) is 2.32. The molecule has 0 aliphatic carbocycles. The van der Waals surface area contributed by atoms with Crippen molar-refractivity contribution < 1.29 is 19.4 Å². The van der Waals surface area contributed by atoms with Gasteiger partial charge in [0.15, 0.2) is 0 Å². The number of nitrogens with one attached hydrogen (secondary N) is 2. The van der Waals surface area contributed by atoms with Crippen molar-refractivity contribution in [2.75, 3.05) is 20.2 Å². The number of piperidine rings is 1. The normalized spacial score (nSPS) is 14.5. The van der Waals surface area contributed by atoms with Gasteiger partial charge in [-0.3, -0.25) is 14.9 Å². The lowest BCUT2D eigenvalue weighted by atomic mass is 10.0. The number of methoxy groups -OCH3 is 1. The third-order valence-electron chi connectivity index (χ3n) is 5.20. The van der Waals surface area contributed by atoms with Gasteiger partial charge in [-0.15, -0.1) is 0 Å². The van der Waals surface area contributed by atoms with Gasteiger partial charge in [0.1, 0.15) is 12.3 Å². The summed E-state index contributed by atoms with van der Waals surface area (Å²) in [5, 5.41) is 13.9. The van der Waals surface area contributed by atoms with E-state index in [0.717, 1.165) is 12.1 Å². The molecule has 1 aliphatic heterocycles. The molecule has 2 aromatic rings. The Morgan fingerprint density at radius 3 is 2.54 bits per heavy atom. The molecule has 0 radical (unpaired) electrons. The Morgan fingerprint density at radius 1 is 1.14 bits per heavy atom. The predicted molar refractivity (Wildman–Crippen MR) is 106 cm³/mol. The number of ether oxygens (including phenoxy) is 1. The molecule has 7 nitrogen and oxygen atoms in total. The number of likely N-dealkylation sites (tertiary alicyclic amines) is 1. The molecular weight excluding hydrogens is 358 g/mol. The van der Waals surface area contributed by atoms with E-state index in [2.05, 4.69) is 11.4 Å². The number of carbonyl (C=O) groups excluding carboxylic acids is 1. The molecule has 0 aromatic heterocycles. The van der Waals surface area contributed by atoms with E-state index in [9.17, 15) is 14.9 Å². The quantitative estimate of drug-likeness (QED) is 0.565. The van der Waals surface area contributed by atoms with Crippen LogP contribution in [0, 0.1) is 10.1 Å². The van der Waals surface area contributed by atoms with Crippen LogP contribution in [0.1, 0.15) is 40.7 Å². The van der Waals surface area contributed by atoms with Crippen molar-refractivity contribution in [3.63, 3.8) is 0 Å². The summed E-state index contributed by atoms with van der Waals surface area (Å²) in [6.07, 6.45) is 3.84. The van der Waals surface area contributed by atoms with Crippen LogP contribution in [-0.2, 0) is 13.1 Å². The first kappa shape index (κ1) is 19.8. The molecule has 148 valence electrons. The number of benzene rings is 2. The SMILES string of the molecule is COc1ccc([N+](=O)[O-])cc1C(=O)NCc1ccccc1C[NH+]1CCCCC1. The Hall–Kier alpha value is -2.93. The first-order chi connectivity index (χ1) is 13.6. The fourth-order valence-electron chi connectivity index (χ4n) is 3.66. The van der Waals surface area contributed by atoms with Gasteiger partial charge >= 0.3 is 0 Å². The zero-order chi connectivity index (χ0) is 19.9. The van der Waals surface area contributed by atoms with Crippen LogP contribution < -0.4 is 15.0 Å². The molecule has 0 unspecified atom stereocenters. The van der Waals surface area contributed by atoms with E-state index in [1.807, 2.05) is 18.2 Å². The monoisotopic (exact) mass is 384 g/mol. The molecule has 3 rings (SSSR count). The zero-order valence-electron chi connectivity index (χ0n) is 16.1. The smallest absolute Gasteiger partial charge is 0.270 e. The third kappa shape index (κ3) is 4.86. The highest BCUT2D eigenvalue weighted by Gasteiger charge is 2.19. The van der Waals surface area contributed by atoms with Crippen LogP contribution in [0.4, 0.5) is 5.69 Å². The molecule has 0 saturated carbocycles. The number of amides is 1. The summed E-state index contributed by atoms with van der Waals surface area (Å²) >= 11 is 0. The Labute approximate surface area is 164 Å². The van der Waals surface area contributed by atoms with Crippen LogP contribution >= 0.6 is 0 Å². The molecule has 0 atom stereocenters. The van der Waals surface area contributed by atoms with Crippen LogP contribution in [0.3, 0.4) is 0 Å². The van der Waals surface area contributed by atoms with Crippen molar-refractivity contribution >= 4 is 11.6 Å². The highest BCUT2D eigenvalue weighted by molar-refractivity contribution is 5.97. The number of nitro groups is 1. The van der Waals surface area contributed by atoms with Gasteiger partial charge in [-0.1, -0.05) is 24.3 Å². The Balaban J connectivity index is 1.71. The largest absolute Gasteiger partial charge is 0.496 e. The van der Waals surface area contributed by atoms with Crippen molar-refractivity contribution in [3.8, 4) is 5.75 Å². The molecule has 2 N–H and O–H groups in total. The maximum atomic E-state index is 12.7. The Bertz CT molecular complexity index is 847. The molecule has 1 aliphatic rings. The molecule has 1 saturated heterocycles. The lowest BCUT2D eigenvalue weighted by molar-refractivity contribution is -0.918. The van der Waals surface area contributed by atoms with Gasteiger partial charge in [0.25, 0.3) is 11.6 Å². The summed E-state index contributed by atoms with van der Waals surface area (Å²) in [5.74, 6) is -0.0742. The minimum absolute atomic E-state index is 0.139. The second-order valence-corrected chi connectivity index (χ2v) is 7.08. The van der Waals surface area contributed by atoms with Crippen LogP contribution in [0.15, 0.2) is 42.5 Å². The summed E-state index contributed by atoms with van der Waals surface area (Å²) in [6, 6.07) is 12.1. The summed E-state index contributed by atoms with van der Waals surface area (Å²) in [6.45, 7) is 3.69. The van der Waals surface area contributed by atoms with E-state index in [1.165, 1.54) is 63.2 Å². The van der Waals surface area contributed by atoms with Crippen molar-refractivity contribution in [1.29, 1.82) is 0 Å². The maximum absolute atomic E-state index is 12.7. The minimum atomic E-state index is -0.521. The highest BCUT2D eigenvalue weighted by atomic mass is 16.6. The minimum Gasteiger partial charge on any atom is -0.496 e. The molecule has 28 heavy (non-hydrogen) atoms. The van der Waals surface area contributed by atoms with Crippen LogP contribution in [0.2, 0.25) is 0 Å². The van der Waals surface area contributed by atoms with Gasteiger partial charge in [0.05, 0.1) is 30.7 Å². The maximum Gasteiger partial charge on any atom is 0.270 e. The molecule has 1 fully saturated rings. The zero-order valence-corrected chi connectivity index (χ0v) is 16.1. The Kier molecular flexibility index (Phi) is 6.60. The van der Waals surface area contributed by atoms with Crippen molar-refractivity contribution in [3.05, 3.63) is 69.3 Å². The van der Waals surface area contributed by atoms with Crippen molar-refractivity contribution in [1.82, 2.24) is 5.32 Å². The van der Waals surface area contributed by atoms with Crippen molar-refractivity contribution in [2.24, 2.45) is 0 Å². The van der Waals surface area contributed by atoms with Gasteiger partial charge in [0.2, 0.25) is 0 Å². The van der Waals surface area contributed by atoms with Gasteiger partial charge in [-0.2, -0.15) is 0 Å². The van der Waals surface area contributed by atoms with E-state index in [-0.39, 0.29) is 17.2 Å². The topological polar surface area (TPSA) is 85.9 Å². The second kappa shape index (κ2) is 9.32. The van der Waals surface area contributed by atoms with E-state index in [4.69, 9.17) is 4.74 Å². The van der Waals surface area contributed by atoms with Crippen LogP contribution in [-0.4, -0.2) is 31.0 Å². The highest BCUT2D eigenvalue weighted by Crippen LogP contribution is 2.24. The van der Waals surface area contributed by atoms with Crippen molar-refractivity contribution in [2.45, 2.75) is 32.4 Å². The number of rotatable bonds is 7. The van der Waals surface area contributed by atoms with E-state index in [0.29, 0.717) is 12.3 Å². The molecule has 0 spiro atoms. The van der Waals surface area contributed by atoms with Crippen LogP contribution in [0.5, 0.6) is 5.75 Å². The molecule has 1 heterocycles. The third-order valence-corrected chi connectivity index (χ3v) is 5.20. The van der Waals surface area contributed by atoms with Crippen LogP contribution in [0.25, 0.3) is 0 Å². The standard InChI is InChI=1S/C21H25N3O4/c1-28-20-10-9-18(24(26)27)13-19(20)21(25)22-14-16-7-3-4-8-17(16)15-23-11-5-2-6-12-23/h3-4,7-10,13H,2,5-6,11-12,14-15H2,1H3,(H,22,25)/p+1. The summed E-state index contributed by atoms with van der Waals surface area (Å²) < 4.78 is 5.19. The Morgan fingerprint density at radius 2 is 1.86 bits per heavy atom. The first-order valence-corrected chi connectivity index (χ1v) is 9.59. The number of hydrogen-bond acceptors (Lipinski definition) is 4. The molecule has 7 heteroatoms. The van der Waals surface area contributed by atoms with Gasteiger partial charge in [-0.05, 0) is 30.9 Å². The van der Waals surface area contributed by atoms with E-state index in [1.54, 1.807) is 4.90 Å². The lowest BCUT2D eigenvalue weighted by Crippen LogP contribution is -3.11. The number of carbonyl (C=O) groups is 1. The number of quaternary nitrogens is 1. The van der Waals surface area contributed by atoms with E-state index < -0.39 is 4.92 Å². The molecule has 0 bridgehead atoms. The number of nitrogens with zero attached hydrogens (tertiary/aromatic N) is 1. The molecule has 1 amide bonds. The summed E-state index contributed by atoms with van der Waals surface area (Å²) in [7, 11) is 1.44. The fourth-order valence-corrected chi connectivity index (χ4v) is 3.66. The first-order valence-electron chi connectivity index (χ1n) is 9.59. The lowest BCUT2D eigenvalue weighted by Gasteiger charge is -2.24. The number of hydrogen-bond donors (Lipinski definition) is 2. The number of non-ortho nitro benzene ring substituents is 1. The predicted octanol–water partition coefficient (Wildman–Crippen LogP) is 2.10. The average molecular weight is 384 g/mol. The molecule has 2 aromatic carbocycles.